The lowest BCUT2D eigenvalue weighted by molar-refractivity contribution is 0.207. The van der Waals surface area contributed by atoms with Gasteiger partial charge in [0.1, 0.15) is 0 Å². The zero-order valence-electron chi connectivity index (χ0n) is 10.1. The summed E-state index contributed by atoms with van der Waals surface area (Å²) in [5.74, 6) is 0. The van der Waals surface area contributed by atoms with Crippen LogP contribution in [-0.2, 0) is 0 Å². The summed E-state index contributed by atoms with van der Waals surface area (Å²) in [7, 11) is 1.97. The molecule has 1 fully saturated rings. The number of likely N-dealkylation sites (N-methyl/N-ethyl adjacent to an activating group) is 1. The second kappa shape index (κ2) is 6.86. The van der Waals surface area contributed by atoms with E-state index < -0.39 is 0 Å². The number of thiocarbonyl (C=S) groups is 1. The van der Waals surface area contributed by atoms with Crippen LogP contribution in [0.15, 0.2) is 12.2 Å². The number of nitrogens with zero attached hydrogens (tertiary/aromatic N) is 1. The molecule has 0 aromatic rings. The molecular weight excluding hydrogens is 220 g/mol. The van der Waals surface area contributed by atoms with Gasteiger partial charge in [-0.1, -0.05) is 38.3 Å². The number of aliphatic hydroxyl groups is 1. The van der Waals surface area contributed by atoms with Gasteiger partial charge in [-0.3, -0.25) is 0 Å². The Kier molecular flexibility index (Phi) is 5.77. The van der Waals surface area contributed by atoms with E-state index in [2.05, 4.69) is 12.2 Å². The van der Waals surface area contributed by atoms with Crippen LogP contribution in [0.3, 0.4) is 0 Å². The molecule has 1 aliphatic heterocycles. The Balaban J connectivity index is 2.27. The maximum atomic E-state index is 9.73. The Morgan fingerprint density at radius 2 is 2.38 bits per heavy atom. The van der Waals surface area contributed by atoms with Crippen molar-refractivity contribution in [1.82, 2.24) is 10.2 Å². The predicted octanol–water partition coefficient (Wildman–Crippen LogP) is 1.67. The molecule has 3 nitrogen and oxygen atoms in total. The van der Waals surface area contributed by atoms with Gasteiger partial charge in [0, 0.05) is 13.6 Å². The molecule has 0 aromatic carbocycles. The first-order valence-electron chi connectivity index (χ1n) is 6.02. The third kappa shape index (κ3) is 4.10. The molecule has 2 atom stereocenters. The van der Waals surface area contributed by atoms with Crippen LogP contribution in [0.1, 0.15) is 32.6 Å². The van der Waals surface area contributed by atoms with Gasteiger partial charge in [0.2, 0.25) is 0 Å². The van der Waals surface area contributed by atoms with Crippen molar-refractivity contribution in [2.45, 2.75) is 44.8 Å². The molecule has 0 spiro atoms. The first-order valence-corrected chi connectivity index (χ1v) is 6.43. The largest absolute Gasteiger partial charge is 0.389 e. The van der Waals surface area contributed by atoms with Gasteiger partial charge in [-0.05, 0) is 18.6 Å². The van der Waals surface area contributed by atoms with Gasteiger partial charge in [0.15, 0.2) is 5.11 Å². The molecule has 1 heterocycles. The standard InChI is InChI=1S/C12H22N2OS/c1-3-4-5-6-11(15)8-7-10-9-13-12(16)14(10)2/h7-8,10-11,15H,3-6,9H2,1-2H3,(H,13,16). The number of hydrogen-bond donors (Lipinski definition) is 2. The van der Waals surface area contributed by atoms with E-state index in [9.17, 15) is 5.11 Å². The van der Waals surface area contributed by atoms with Crippen LogP contribution in [0, 0.1) is 0 Å². The van der Waals surface area contributed by atoms with Crippen LogP contribution < -0.4 is 5.32 Å². The molecule has 0 aromatic heterocycles. The van der Waals surface area contributed by atoms with Crippen LogP contribution in [0.5, 0.6) is 0 Å². The van der Waals surface area contributed by atoms with Crippen molar-refractivity contribution >= 4 is 17.3 Å². The Hall–Kier alpha value is -0.610. The maximum absolute atomic E-state index is 9.73. The molecule has 16 heavy (non-hydrogen) atoms. The lowest BCUT2D eigenvalue weighted by atomic mass is 10.1. The van der Waals surface area contributed by atoms with Crippen molar-refractivity contribution in [1.29, 1.82) is 0 Å². The van der Waals surface area contributed by atoms with Crippen molar-refractivity contribution in [3.63, 3.8) is 0 Å². The Bertz CT molecular complexity index is 255. The molecule has 0 bridgehead atoms. The number of unbranched alkanes of at least 4 members (excludes halogenated alkanes) is 2. The average Bonchev–Trinajstić information content (AvgIpc) is 2.58. The molecule has 0 amide bonds. The molecule has 0 saturated carbocycles. The van der Waals surface area contributed by atoms with Crippen LogP contribution in [0.2, 0.25) is 0 Å². The van der Waals surface area contributed by atoms with Crippen molar-refractivity contribution in [3.8, 4) is 0 Å². The van der Waals surface area contributed by atoms with Crippen LogP contribution in [-0.4, -0.2) is 40.9 Å². The molecule has 0 aliphatic carbocycles. The highest BCUT2D eigenvalue weighted by atomic mass is 32.1. The van der Waals surface area contributed by atoms with E-state index in [1.165, 1.54) is 12.8 Å². The predicted molar refractivity (Wildman–Crippen MR) is 71.4 cm³/mol. The van der Waals surface area contributed by atoms with Gasteiger partial charge < -0.3 is 15.3 Å². The van der Waals surface area contributed by atoms with E-state index in [1.54, 1.807) is 0 Å². The monoisotopic (exact) mass is 242 g/mol. The molecular formula is C12H22N2OS. The summed E-state index contributed by atoms with van der Waals surface area (Å²) in [6.07, 6.45) is 7.97. The third-order valence-electron chi connectivity index (χ3n) is 2.94. The normalized spacial score (nSPS) is 22.8. The molecule has 1 saturated heterocycles. The molecule has 1 aliphatic rings. The first kappa shape index (κ1) is 13.5. The topological polar surface area (TPSA) is 35.5 Å². The highest BCUT2D eigenvalue weighted by Crippen LogP contribution is 2.08. The van der Waals surface area contributed by atoms with Crippen LogP contribution in [0.25, 0.3) is 0 Å². The van der Waals surface area contributed by atoms with Gasteiger partial charge in [-0.15, -0.1) is 0 Å². The summed E-state index contributed by atoms with van der Waals surface area (Å²) in [5.41, 5.74) is 0. The van der Waals surface area contributed by atoms with Gasteiger partial charge >= 0.3 is 0 Å². The SMILES string of the molecule is CCCCCC(O)C=CC1CNC(=S)N1C. The summed E-state index contributed by atoms with van der Waals surface area (Å²) in [6, 6.07) is 0.285. The van der Waals surface area contributed by atoms with Gasteiger partial charge in [0.05, 0.1) is 12.1 Å². The fourth-order valence-corrected chi connectivity index (χ4v) is 1.98. The first-order chi connectivity index (χ1) is 7.65. The lowest BCUT2D eigenvalue weighted by Crippen LogP contribution is -2.28. The van der Waals surface area contributed by atoms with Crippen LogP contribution in [0.4, 0.5) is 0 Å². The van der Waals surface area contributed by atoms with Gasteiger partial charge in [0.25, 0.3) is 0 Å². The van der Waals surface area contributed by atoms with E-state index >= 15 is 0 Å². The zero-order valence-corrected chi connectivity index (χ0v) is 11.0. The minimum absolute atomic E-state index is 0.285. The number of rotatable bonds is 6. The minimum Gasteiger partial charge on any atom is -0.389 e. The highest BCUT2D eigenvalue weighted by Gasteiger charge is 2.21. The summed E-state index contributed by atoms with van der Waals surface area (Å²) in [5, 5.41) is 13.6. The molecule has 2 unspecified atom stereocenters. The minimum atomic E-state index is -0.311. The fraction of sp³-hybridized carbons (Fsp3) is 0.750. The zero-order chi connectivity index (χ0) is 12.0. The second-order valence-electron chi connectivity index (χ2n) is 4.31. The highest BCUT2D eigenvalue weighted by molar-refractivity contribution is 7.80. The van der Waals surface area contributed by atoms with Crippen molar-refractivity contribution in [2.75, 3.05) is 13.6 Å². The molecule has 0 radical (unpaired) electrons. The maximum Gasteiger partial charge on any atom is 0.169 e. The fourth-order valence-electron chi connectivity index (χ4n) is 1.76. The van der Waals surface area contributed by atoms with E-state index in [-0.39, 0.29) is 12.1 Å². The summed E-state index contributed by atoms with van der Waals surface area (Å²) in [4.78, 5) is 2.02. The van der Waals surface area contributed by atoms with Crippen molar-refractivity contribution < 1.29 is 5.11 Å². The summed E-state index contributed by atoms with van der Waals surface area (Å²) < 4.78 is 0. The van der Waals surface area contributed by atoms with E-state index in [4.69, 9.17) is 12.2 Å². The Morgan fingerprint density at radius 1 is 1.62 bits per heavy atom. The van der Waals surface area contributed by atoms with E-state index in [0.29, 0.717) is 0 Å². The smallest absolute Gasteiger partial charge is 0.169 e. The summed E-state index contributed by atoms with van der Waals surface area (Å²) >= 11 is 5.10. The Labute approximate surface area is 104 Å². The Morgan fingerprint density at radius 3 is 2.94 bits per heavy atom. The van der Waals surface area contributed by atoms with Crippen molar-refractivity contribution in [2.24, 2.45) is 0 Å². The number of nitrogens with one attached hydrogen (secondary N) is 1. The average molecular weight is 242 g/mol. The van der Waals surface area contributed by atoms with Gasteiger partial charge in [-0.25, -0.2) is 0 Å². The van der Waals surface area contributed by atoms with Crippen molar-refractivity contribution in [3.05, 3.63) is 12.2 Å². The van der Waals surface area contributed by atoms with Crippen LogP contribution >= 0.6 is 12.2 Å². The number of hydrogen-bond acceptors (Lipinski definition) is 2. The number of aliphatic hydroxyl groups excluding tert-OH is 1. The summed E-state index contributed by atoms with van der Waals surface area (Å²) in [6.45, 7) is 3.01. The van der Waals surface area contributed by atoms with Gasteiger partial charge in [-0.2, -0.15) is 0 Å². The quantitative estimate of drug-likeness (QED) is 0.422. The molecule has 1 rings (SSSR count). The third-order valence-corrected chi connectivity index (χ3v) is 3.37. The van der Waals surface area contributed by atoms with E-state index in [0.717, 1.165) is 24.5 Å². The lowest BCUT2D eigenvalue weighted by Gasteiger charge is -2.16. The molecule has 4 heteroatoms. The van der Waals surface area contributed by atoms with E-state index in [1.807, 2.05) is 24.1 Å². The second-order valence-corrected chi connectivity index (χ2v) is 4.70. The molecule has 92 valence electrons. The molecule has 2 N–H and O–H groups in total.